The van der Waals surface area contributed by atoms with Crippen molar-refractivity contribution in [1.29, 1.82) is 5.26 Å². The van der Waals surface area contributed by atoms with Gasteiger partial charge in [-0.1, -0.05) is 92.9 Å². The van der Waals surface area contributed by atoms with Crippen molar-refractivity contribution < 1.29 is 14.4 Å². The van der Waals surface area contributed by atoms with E-state index in [1.165, 1.54) is 29.5 Å². The Morgan fingerprint density at radius 1 is 0.871 bits per heavy atom. The zero-order chi connectivity index (χ0) is 45.0. The Bertz CT molecular complexity index is 2080. The van der Waals surface area contributed by atoms with Crippen molar-refractivity contribution in [1.82, 2.24) is 15.5 Å². The van der Waals surface area contributed by atoms with Crippen molar-refractivity contribution in [3.8, 4) is 17.2 Å². The molecule has 0 spiro atoms. The number of carbonyl (C=O) groups excluding carboxylic acids is 3. The van der Waals surface area contributed by atoms with Gasteiger partial charge in [-0.05, 0) is 135 Å². The zero-order valence-electron chi connectivity index (χ0n) is 37.5. The number of anilines is 2. The van der Waals surface area contributed by atoms with E-state index in [9.17, 15) is 14.4 Å². The lowest BCUT2D eigenvalue weighted by atomic mass is 9.78. The first kappa shape index (κ1) is 49.1. The number of benzene rings is 4. The summed E-state index contributed by atoms with van der Waals surface area (Å²) in [6.07, 6.45) is 9.08. The normalized spacial score (nSPS) is 15.0. The van der Waals surface area contributed by atoms with Gasteiger partial charge in [-0.2, -0.15) is 5.26 Å². The summed E-state index contributed by atoms with van der Waals surface area (Å²) in [4.78, 5) is 41.0. The van der Waals surface area contributed by atoms with E-state index in [-0.39, 0.29) is 36.1 Å². The van der Waals surface area contributed by atoms with Gasteiger partial charge in [0.05, 0.1) is 6.07 Å². The van der Waals surface area contributed by atoms with Gasteiger partial charge < -0.3 is 26.2 Å². The number of hydrogen-bond donors (Lipinski definition) is 3. The standard InChI is InChI=1S/C42H51N5O3.C6H6ClN.C4H10/c1-29-9-8-10-38(27-29)41(34-20-25-46(26-21-34)40(49)19-22-43)31(3)44-23-6-5-7-24-45-42(50)35-15-13-33(14-16-35)36-17-18-39-37(28-36)12-11-30(2)47(39)32(4)48;7-5-1-3-6(8)4-2-5;1-3-4-2/h8-10,13-18,27-28,30,34,41,44H,3,5-7,11-12,19-21,23-26H2,1-2,4H3,(H,45,50);1-4H,8H2;3-4H2,1-2H3/t30-,41?;;/m0../s1. The molecule has 4 N–H and O–H groups in total. The van der Waals surface area contributed by atoms with Crippen molar-refractivity contribution in [2.75, 3.05) is 36.8 Å². The van der Waals surface area contributed by atoms with Gasteiger partial charge in [0.25, 0.3) is 5.91 Å². The molecule has 0 saturated carbocycles. The highest BCUT2D eigenvalue weighted by molar-refractivity contribution is 6.30. The van der Waals surface area contributed by atoms with Crippen LogP contribution in [-0.4, -0.2) is 54.8 Å². The molecule has 62 heavy (non-hydrogen) atoms. The van der Waals surface area contributed by atoms with Gasteiger partial charge in [-0.25, -0.2) is 0 Å². The number of piperidine rings is 1. The number of rotatable bonds is 14. The molecule has 9 nitrogen and oxygen atoms in total. The molecular formula is C52H67ClN6O3. The zero-order valence-corrected chi connectivity index (χ0v) is 38.3. The van der Waals surface area contributed by atoms with Gasteiger partial charge in [0, 0.05) is 72.7 Å². The van der Waals surface area contributed by atoms with E-state index >= 15 is 0 Å². The average molecular weight is 860 g/mol. The summed E-state index contributed by atoms with van der Waals surface area (Å²) in [6, 6.07) is 31.9. The molecule has 10 heteroatoms. The van der Waals surface area contributed by atoms with Gasteiger partial charge >= 0.3 is 0 Å². The van der Waals surface area contributed by atoms with Gasteiger partial charge in [0.1, 0.15) is 6.42 Å². The number of nitrogen functional groups attached to an aromatic ring is 1. The second kappa shape index (κ2) is 25.4. The molecule has 2 heterocycles. The van der Waals surface area contributed by atoms with Crippen LogP contribution in [0.5, 0.6) is 0 Å². The number of halogens is 1. The Labute approximate surface area is 375 Å². The molecule has 0 aliphatic carbocycles. The van der Waals surface area contributed by atoms with Crippen LogP contribution in [0.4, 0.5) is 11.4 Å². The number of nitriles is 1. The highest BCUT2D eigenvalue weighted by atomic mass is 35.5. The number of aryl methyl sites for hydroxylation is 2. The molecular weight excluding hydrogens is 792 g/mol. The summed E-state index contributed by atoms with van der Waals surface area (Å²) in [6.45, 7) is 17.4. The van der Waals surface area contributed by atoms with Gasteiger partial charge in [-0.15, -0.1) is 0 Å². The molecule has 1 fully saturated rings. The van der Waals surface area contributed by atoms with Crippen LogP contribution in [0.2, 0.25) is 5.02 Å². The maximum atomic E-state index is 12.9. The summed E-state index contributed by atoms with van der Waals surface area (Å²) in [7, 11) is 0. The van der Waals surface area contributed by atoms with Gasteiger partial charge in [-0.3, -0.25) is 14.4 Å². The van der Waals surface area contributed by atoms with Crippen LogP contribution in [0.15, 0.2) is 103 Å². The molecule has 2 atom stereocenters. The minimum Gasteiger partial charge on any atom is -0.399 e. The van der Waals surface area contributed by atoms with Crippen LogP contribution in [-0.2, 0) is 16.0 Å². The predicted molar refractivity (Wildman–Crippen MR) is 256 cm³/mol. The lowest BCUT2D eigenvalue weighted by Gasteiger charge is -2.37. The summed E-state index contributed by atoms with van der Waals surface area (Å²) in [5.41, 5.74) is 14.6. The number of likely N-dealkylation sites (tertiary alicyclic amines) is 1. The van der Waals surface area contributed by atoms with E-state index in [2.05, 4.69) is 81.3 Å². The Morgan fingerprint density at radius 3 is 2.11 bits per heavy atom. The summed E-state index contributed by atoms with van der Waals surface area (Å²) in [5, 5.41) is 16.3. The molecule has 4 aromatic carbocycles. The molecule has 1 unspecified atom stereocenters. The van der Waals surface area contributed by atoms with Gasteiger partial charge in [0.15, 0.2) is 0 Å². The molecule has 0 aromatic heterocycles. The maximum Gasteiger partial charge on any atom is 0.251 e. The molecule has 3 amide bonds. The SMILES string of the molecule is C=C(NCCCCCNC(=O)c1ccc(-c2ccc3c(c2)CC[C@H](C)N3C(C)=O)cc1)C(c1cccc(C)c1)C1CCN(C(=O)CC#N)CC1.CCCC.Nc1ccc(Cl)cc1. The van der Waals surface area contributed by atoms with Crippen LogP contribution in [0.3, 0.4) is 0 Å². The minimum atomic E-state index is -0.0791. The molecule has 0 bridgehead atoms. The number of nitrogens with two attached hydrogens (primary N) is 1. The Hall–Kier alpha value is -5.59. The molecule has 6 rings (SSSR count). The monoisotopic (exact) mass is 858 g/mol. The van der Waals surface area contributed by atoms with Crippen molar-refractivity contribution in [3.05, 3.63) is 131 Å². The third kappa shape index (κ3) is 14.8. The highest BCUT2D eigenvalue weighted by Crippen LogP contribution is 2.38. The fourth-order valence-corrected chi connectivity index (χ4v) is 8.19. The third-order valence-electron chi connectivity index (χ3n) is 11.7. The molecule has 2 aliphatic rings. The van der Waals surface area contributed by atoms with Crippen LogP contribution in [0, 0.1) is 24.2 Å². The Kier molecular flexibility index (Phi) is 20.1. The average Bonchev–Trinajstić information content (AvgIpc) is 3.27. The van der Waals surface area contributed by atoms with Crippen molar-refractivity contribution >= 4 is 40.7 Å². The van der Waals surface area contributed by atoms with Gasteiger partial charge in [0.2, 0.25) is 11.8 Å². The number of hydrogen-bond acceptors (Lipinski definition) is 6. The van der Waals surface area contributed by atoms with Crippen LogP contribution >= 0.6 is 11.6 Å². The summed E-state index contributed by atoms with van der Waals surface area (Å²) in [5.74, 6) is 0.449. The predicted octanol–water partition coefficient (Wildman–Crippen LogP) is 11.0. The number of carbonyl (C=O) groups is 3. The first-order valence-electron chi connectivity index (χ1n) is 22.3. The molecule has 2 aliphatic heterocycles. The van der Waals surface area contributed by atoms with Crippen LogP contribution in [0.1, 0.15) is 118 Å². The third-order valence-corrected chi connectivity index (χ3v) is 11.9. The van der Waals surface area contributed by atoms with Crippen molar-refractivity contribution in [3.63, 3.8) is 0 Å². The van der Waals surface area contributed by atoms with E-state index in [1.807, 2.05) is 46.2 Å². The van der Waals surface area contributed by atoms with E-state index in [1.54, 1.807) is 31.2 Å². The maximum absolute atomic E-state index is 12.9. The number of fused-ring (bicyclic) bond motifs is 1. The second-order valence-electron chi connectivity index (χ2n) is 16.5. The first-order valence-corrected chi connectivity index (χ1v) is 22.7. The molecule has 0 radical (unpaired) electrons. The van der Waals surface area contributed by atoms with Crippen LogP contribution in [0.25, 0.3) is 11.1 Å². The second-order valence-corrected chi connectivity index (χ2v) is 16.9. The lowest BCUT2D eigenvalue weighted by Crippen LogP contribution is -2.40. The number of unbranched alkanes of at least 4 members (excludes halogenated alkanes) is 3. The Morgan fingerprint density at radius 2 is 1.52 bits per heavy atom. The first-order chi connectivity index (χ1) is 29.9. The van der Waals surface area contributed by atoms with E-state index in [0.717, 1.165) is 84.7 Å². The lowest BCUT2D eigenvalue weighted by molar-refractivity contribution is -0.131. The number of nitrogens with zero attached hydrogens (tertiary/aromatic N) is 3. The topological polar surface area (TPSA) is 132 Å². The largest absolute Gasteiger partial charge is 0.399 e. The smallest absolute Gasteiger partial charge is 0.251 e. The van der Waals surface area contributed by atoms with Crippen molar-refractivity contribution in [2.24, 2.45) is 5.92 Å². The number of nitrogens with one attached hydrogen (secondary N) is 2. The highest BCUT2D eigenvalue weighted by Gasteiger charge is 2.31. The summed E-state index contributed by atoms with van der Waals surface area (Å²) < 4.78 is 0. The van der Waals surface area contributed by atoms with Crippen LogP contribution < -0.4 is 21.3 Å². The number of allylic oxidation sites excluding steroid dienone is 1. The summed E-state index contributed by atoms with van der Waals surface area (Å²) >= 11 is 5.56. The minimum absolute atomic E-state index is 0.0583. The molecule has 330 valence electrons. The van der Waals surface area contributed by atoms with Crippen molar-refractivity contribution in [2.45, 2.75) is 111 Å². The van der Waals surface area contributed by atoms with E-state index in [0.29, 0.717) is 31.1 Å². The fourth-order valence-electron chi connectivity index (χ4n) is 8.06. The molecule has 1 saturated heterocycles. The molecule has 4 aromatic rings. The fraction of sp³-hybridized carbons (Fsp3) is 0.423. The number of amides is 3. The quantitative estimate of drug-likeness (QED) is 0.0855. The van der Waals surface area contributed by atoms with E-state index < -0.39 is 0 Å². The van der Waals surface area contributed by atoms with E-state index in [4.69, 9.17) is 22.6 Å². The Balaban J connectivity index is 0.000000611.